The van der Waals surface area contributed by atoms with E-state index in [1.54, 1.807) is 0 Å². The van der Waals surface area contributed by atoms with Crippen LogP contribution < -0.4 is 0 Å². The smallest absolute Gasteiger partial charge is 0.248 e. The highest BCUT2D eigenvalue weighted by Gasteiger charge is 2.36. The Labute approximate surface area is 141 Å². The van der Waals surface area contributed by atoms with Crippen LogP contribution >= 0.6 is 0 Å². The van der Waals surface area contributed by atoms with E-state index in [-0.39, 0.29) is 42.7 Å². The number of hydrogen-bond acceptors (Lipinski definition) is 3. The zero-order valence-electron chi connectivity index (χ0n) is 14.2. The summed E-state index contributed by atoms with van der Waals surface area (Å²) in [7, 11) is 0. The van der Waals surface area contributed by atoms with Gasteiger partial charge in [-0.05, 0) is 32.4 Å². The molecule has 6 heteroatoms. The number of halogens is 2. The minimum Gasteiger partial charge on any atom is -0.368 e. The summed E-state index contributed by atoms with van der Waals surface area (Å²) in [5, 5.41) is 0. The fourth-order valence-corrected chi connectivity index (χ4v) is 3.65. The molecule has 0 aliphatic carbocycles. The van der Waals surface area contributed by atoms with Crippen molar-refractivity contribution in [2.24, 2.45) is 5.92 Å². The molecule has 2 fully saturated rings. The standard InChI is InChI=1S/C18H24F2N2O2/c1-12(2)22-9-13-8-21(7-6-17(13)24-11-18(22)23)10-14-15(19)4-3-5-16(14)20/h3-5,12-13,17H,6-11H2,1-2H3/t13-,17+/m1/s1. The van der Waals surface area contributed by atoms with E-state index < -0.39 is 11.6 Å². The van der Waals surface area contributed by atoms with Gasteiger partial charge in [-0.25, -0.2) is 8.78 Å². The van der Waals surface area contributed by atoms with Gasteiger partial charge in [-0.2, -0.15) is 0 Å². The summed E-state index contributed by atoms with van der Waals surface area (Å²) in [5.74, 6) is -0.824. The molecule has 0 spiro atoms. The maximum absolute atomic E-state index is 13.9. The fourth-order valence-electron chi connectivity index (χ4n) is 3.65. The quantitative estimate of drug-likeness (QED) is 0.849. The van der Waals surface area contributed by atoms with E-state index in [4.69, 9.17) is 4.74 Å². The molecule has 0 radical (unpaired) electrons. The van der Waals surface area contributed by atoms with Crippen LogP contribution in [0.25, 0.3) is 0 Å². The van der Waals surface area contributed by atoms with Crippen LogP contribution in [-0.2, 0) is 16.1 Å². The summed E-state index contributed by atoms with van der Waals surface area (Å²) in [5.41, 5.74) is 0.113. The molecule has 1 aromatic rings. The topological polar surface area (TPSA) is 32.8 Å². The van der Waals surface area contributed by atoms with E-state index in [2.05, 4.69) is 4.90 Å². The fraction of sp³-hybridized carbons (Fsp3) is 0.611. The maximum atomic E-state index is 13.9. The first-order chi connectivity index (χ1) is 11.5. The average Bonchev–Trinajstić information content (AvgIpc) is 2.70. The van der Waals surface area contributed by atoms with Crippen LogP contribution in [0.5, 0.6) is 0 Å². The highest BCUT2D eigenvalue weighted by atomic mass is 19.1. The molecule has 1 aromatic carbocycles. The minimum absolute atomic E-state index is 0.0195. The Morgan fingerprint density at radius 1 is 1.25 bits per heavy atom. The van der Waals surface area contributed by atoms with Crippen LogP contribution in [-0.4, -0.2) is 54.1 Å². The molecule has 2 aliphatic heterocycles. The normalized spacial score (nSPS) is 25.7. The van der Waals surface area contributed by atoms with Crippen molar-refractivity contribution >= 4 is 5.91 Å². The zero-order chi connectivity index (χ0) is 17.3. The Bertz CT molecular complexity index is 588. The third kappa shape index (κ3) is 3.59. The van der Waals surface area contributed by atoms with Crippen LogP contribution in [0.4, 0.5) is 8.78 Å². The van der Waals surface area contributed by atoms with Crippen molar-refractivity contribution in [1.29, 1.82) is 0 Å². The van der Waals surface area contributed by atoms with Crippen LogP contribution in [0.15, 0.2) is 18.2 Å². The van der Waals surface area contributed by atoms with Crippen molar-refractivity contribution in [1.82, 2.24) is 9.80 Å². The monoisotopic (exact) mass is 338 g/mol. The third-order valence-electron chi connectivity index (χ3n) is 4.99. The highest BCUT2D eigenvalue weighted by molar-refractivity contribution is 5.78. The number of likely N-dealkylation sites (tertiary alicyclic amines) is 1. The molecule has 0 saturated carbocycles. The maximum Gasteiger partial charge on any atom is 0.248 e. The summed E-state index contributed by atoms with van der Waals surface area (Å²) in [6, 6.07) is 4.09. The molecule has 2 heterocycles. The Balaban J connectivity index is 1.71. The van der Waals surface area contributed by atoms with Gasteiger partial charge in [-0.15, -0.1) is 0 Å². The summed E-state index contributed by atoms with van der Waals surface area (Å²) in [6.45, 7) is 6.39. The first-order valence-electron chi connectivity index (χ1n) is 8.52. The zero-order valence-corrected chi connectivity index (χ0v) is 14.2. The van der Waals surface area contributed by atoms with Gasteiger partial charge >= 0.3 is 0 Å². The van der Waals surface area contributed by atoms with Crippen LogP contribution in [0.1, 0.15) is 25.8 Å². The molecular formula is C18H24F2N2O2. The van der Waals surface area contributed by atoms with E-state index in [1.807, 2.05) is 18.7 Å². The van der Waals surface area contributed by atoms with E-state index in [0.29, 0.717) is 19.6 Å². The largest absolute Gasteiger partial charge is 0.368 e. The number of piperidine rings is 1. The van der Waals surface area contributed by atoms with Gasteiger partial charge in [0.1, 0.15) is 18.2 Å². The molecule has 2 saturated heterocycles. The lowest BCUT2D eigenvalue weighted by molar-refractivity contribution is -0.136. The summed E-state index contributed by atoms with van der Waals surface area (Å²) in [4.78, 5) is 16.1. The molecule has 2 atom stereocenters. The summed E-state index contributed by atoms with van der Waals surface area (Å²) >= 11 is 0. The van der Waals surface area contributed by atoms with Crippen molar-refractivity contribution in [3.63, 3.8) is 0 Å². The van der Waals surface area contributed by atoms with Gasteiger partial charge in [0.15, 0.2) is 0 Å². The Morgan fingerprint density at radius 3 is 2.62 bits per heavy atom. The van der Waals surface area contributed by atoms with Crippen molar-refractivity contribution in [3.8, 4) is 0 Å². The van der Waals surface area contributed by atoms with E-state index in [0.717, 1.165) is 6.42 Å². The van der Waals surface area contributed by atoms with Crippen molar-refractivity contribution in [3.05, 3.63) is 35.4 Å². The highest BCUT2D eigenvalue weighted by Crippen LogP contribution is 2.27. The molecule has 24 heavy (non-hydrogen) atoms. The van der Waals surface area contributed by atoms with Gasteiger partial charge in [0.05, 0.1) is 6.10 Å². The number of benzene rings is 1. The number of rotatable bonds is 3. The SMILES string of the molecule is CC(C)N1C[C@H]2CN(Cc3c(F)cccc3F)CC[C@@H]2OCC1=O. The van der Waals surface area contributed by atoms with Crippen LogP contribution in [0, 0.1) is 17.6 Å². The number of hydrogen-bond donors (Lipinski definition) is 0. The molecule has 4 nitrogen and oxygen atoms in total. The average molecular weight is 338 g/mol. The second kappa shape index (κ2) is 7.15. The van der Waals surface area contributed by atoms with Gasteiger partial charge in [0.25, 0.3) is 0 Å². The molecular weight excluding hydrogens is 314 g/mol. The second-order valence-electron chi connectivity index (χ2n) is 6.97. The van der Waals surface area contributed by atoms with Gasteiger partial charge < -0.3 is 9.64 Å². The number of fused-ring (bicyclic) bond motifs is 1. The molecule has 2 aliphatic rings. The van der Waals surface area contributed by atoms with E-state index >= 15 is 0 Å². The molecule has 0 N–H and O–H groups in total. The third-order valence-corrected chi connectivity index (χ3v) is 4.99. The number of amides is 1. The van der Waals surface area contributed by atoms with Crippen molar-refractivity contribution in [2.75, 3.05) is 26.2 Å². The molecule has 132 valence electrons. The molecule has 3 rings (SSSR count). The first kappa shape index (κ1) is 17.3. The number of carbonyl (C=O) groups is 1. The summed E-state index contributed by atoms with van der Waals surface area (Å²) in [6.07, 6.45) is 0.819. The molecule has 0 bridgehead atoms. The molecule has 1 amide bonds. The predicted molar refractivity (Wildman–Crippen MR) is 86.3 cm³/mol. The number of carbonyl (C=O) groups excluding carboxylic acids is 1. The summed E-state index contributed by atoms with van der Waals surface area (Å²) < 4.78 is 33.5. The van der Waals surface area contributed by atoms with E-state index in [9.17, 15) is 13.6 Å². The van der Waals surface area contributed by atoms with Crippen molar-refractivity contribution in [2.45, 2.75) is 39.0 Å². The lowest BCUT2D eigenvalue weighted by atomic mass is 9.93. The van der Waals surface area contributed by atoms with Crippen molar-refractivity contribution < 1.29 is 18.3 Å². The van der Waals surface area contributed by atoms with E-state index in [1.165, 1.54) is 18.2 Å². The second-order valence-corrected chi connectivity index (χ2v) is 6.97. The van der Waals surface area contributed by atoms with Crippen LogP contribution in [0.2, 0.25) is 0 Å². The predicted octanol–water partition coefficient (Wildman–Crippen LogP) is 2.42. The number of nitrogens with zero attached hydrogens (tertiary/aromatic N) is 2. The Kier molecular flexibility index (Phi) is 5.15. The van der Waals surface area contributed by atoms with Gasteiger partial charge in [-0.1, -0.05) is 6.07 Å². The Morgan fingerprint density at radius 2 is 1.96 bits per heavy atom. The lowest BCUT2D eigenvalue weighted by Gasteiger charge is -2.38. The Hall–Kier alpha value is -1.53. The van der Waals surface area contributed by atoms with Gasteiger partial charge in [0.2, 0.25) is 5.91 Å². The van der Waals surface area contributed by atoms with Gasteiger partial charge in [0, 0.05) is 43.7 Å². The van der Waals surface area contributed by atoms with Crippen LogP contribution in [0.3, 0.4) is 0 Å². The molecule has 0 unspecified atom stereocenters. The van der Waals surface area contributed by atoms with Gasteiger partial charge in [-0.3, -0.25) is 9.69 Å². The minimum atomic E-state index is -0.506. The lowest BCUT2D eigenvalue weighted by Crippen LogP contribution is -2.48. The molecule has 0 aromatic heterocycles. The number of ether oxygens (including phenoxy) is 1. The first-order valence-corrected chi connectivity index (χ1v) is 8.52.